The zero-order chi connectivity index (χ0) is 53.9. The van der Waals surface area contributed by atoms with Crippen LogP contribution in [0.4, 0.5) is 11.4 Å². The van der Waals surface area contributed by atoms with Crippen molar-refractivity contribution in [2.45, 2.75) is 92.1 Å². The van der Waals surface area contributed by atoms with Gasteiger partial charge in [-0.25, -0.2) is 0 Å². The fourth-order valence-electron chi connectivity index (χ4n) is 9.17. The van der Waals surface area contributed by atoms with Gasteiger partial charge in [-0.1, -0.05) is 51.7 Å². The number of benzene rings is 3. The van der Waals surface area contributed by atoms with Gasteiger partial charge in [-0.3, -0.25) is 14.4 Å². The number of fused-ring (bicyclic) bond motifs is 15. The van der Waals surface area contributed by atoms with Gasteiger partial charge in [0.05, 0.1) is 88.7 Å². The highest BCUT2D eigenvalue weighted by Gasteiger charge is 2.49. The Balaban J connectivity index is 1.43. The van der Waals surface area contributed by atoms with E-state index in [0.717, 1.165) is 0 Å². The van der Waals surface area contributed by atoms with Gasteiger partial charge < -0.3 is 83.5 Å². The molecule has 0 saturated heterocycles. The van der Waals surface area contributed by atoms with E-state index in [1.807, 2.05) is 0 Å². The van der Waals surface area contributed by atoms with Crippen LogP contribution in [-0.2, 0) is 49.3 Å². The molecule has 0 unspecified atom stereocenters. The molecule has 0 saturated carbocycles. The lowest BCUT2D eigenvalue weighted by Gasteiger charge is -2.38. The van der Waals surface area contributed by atoms with Gasteiger partial charge in [-0.05, 0) is 37.6 Å². The minimum atomic E-state index is -2.13. The number of ether oxygens (including phenoxy) is 10. The van der Waals surface area contributed by atoms with E-state index < -0.39 is 94.2 Å². The molecule has 1 amide bonds. The molecular formula is C54H71N2O18-. The molecule has 4 aliphatic rings. The summed E-state index contributed by atoms with van der Waals surface area (Å²) >= 11 is 0. The summed E-state index contributed by atoms with van der Waals surface area (Å²) in [7, 11) is 1.42. The van der Waals surface area contributed by atoms with Crippen molar-refractivity contribution in [3.63, 3.8) is 0 Å². The number of amides is 1. The fourth-order valence-corrected chi connectivity index (χ4v) is 9.17. The number of anilines is 2. The number of hydrogen-bond acceptors (Lipinski definition) is 19. The molecule has 406 valence electrons. The van der Waals surface area contributed by atoms with Gasteiger partial charge in [-0.15, -0.1) is 0 Å². The van der Waals surface area contributed by atoms with E-state index in [1.165, 1.54) is 53.2 Å². The molecule has 5 bridgehead atoms. The minimum Gasteiger partial charge on any atom is -0.872 e. The molecular weight excluding hydrogens is 965 g/mol. The van der Waals surface area contributed by atoms with E-state index in [4.69, 9.17) is 47.4 Å². The number of ketones is 1. The van der Waals surface area contributed by atoms with Crippen molar-refractivity contribution in [1.29, 1.82) is 0 Å². The van der Waals surface area contributed by atoms with Crippen molar-refractivity contribution in [1.82, 2.24) is 0 Å². The second-order valence-electron chi connectivity index (χ2n) is 18.8. The largest absolute Gasteiger partial charge is 0.872 e. The summed E-state index contributed by atoms with van der Waals surface area (Å²) in [4.78, 5) is 41.2. The second-order valence-corrected chi connectivity index (χ2v) is 18.8. The standard InChI is InChI=1S/C54H72N2O18/c1-29-11-10-12-30(2)53(64)56-44-37(28-55-36-13-14-39-40(27-36)71-26-24-69-22-20-67-18-17-66-19-21-68-23-25-70-39)48(61)41-42(49(44)62)47(60)34(6)51-43(41)52(63)54(8,74-51)72-16-15-38(65-9)31(3)50(73-35(7)57)33(5)46(59)32(4)45(29)58/h10-16,27,29,31-33,38,45-46,50,55,58-62H,17-26,28H2,1-9H3,(H,56,64)/p-1/b11-10-,16-15-,30-12+/t29-,31+,32-,33+,38-,45-,46+,50+,54-/m0/s1. The van der Waals surface area contributed by atoms with E-state index in [2.05, 4.69) is 10.6 Å². The maximum absolute atomic E-state index is 14.7. The summed E-state index contributed by atoms with van der Waals surface area (Å²) in [6.07, 6.45) is 3.30. The van der Waals surface area contributed by atoms with Gasteiger partial charge in [0.15, 0.2) is 11.5 Å². The number of phenolic OH excluding ortho intramolecular Hbond substituents is 2. The molecule has 3 aromatic rings. The minimum absolute atomic E-state index is 0.0873. The number of allylic oxidation sites excluding steroid dienone is 2. The summed E-state index contributed by atoms with van der Waals surface area (Å²) in [6.45, 7) is 15.2. The molecule has 9 atom stereocenters. The molecule has 0 aliphatic carbocycles. The van der Waals surface area contributed by atoms with E-state index in [9.17, 15) is 39.9 Å². The number of nitrogens with one attached hydrogen (secondary N) is 2. The summed E-state index contributed by atoms with van der Waals surface area (Å²) in [5.41, 5.74) is -0.213. The Morgan fingerprint density at radius 3 is 2.04 bits per heavy atom. The van der Waals surface area contributed by atoms with Crippen LogP contribution in [0.5, 0.6) is 34.5 Å². The van der Waals surface area contributed by atoms with Crippen LogP contribution in [0.25, 0.3) is 10.8 Å². The normalized spacial score (nSPS) is 28.9. The molecule has 4 aliphatic heterocycles. The molecule has 20 heteroatoms. The molecule has 0 radical (unpaired) electrons. The van der Waals surface area contributed by atoms with Crippen LogP contribution in [0.1, 0.15) is 70.0 Å². The van der Waals surface area contributed by atoms with Crippen LogP contribution >= 0.6 is 0 Å². The third kappa shape index (κ3) is 13.2. The van der Waals surface area contributed by atoms with Gasteiger partial charge in [0.2, 0.25) is 0 Å². The van der Waals surface area contributed by atoms with Crippen molar-refractivity contribution < 1.29 is 87.3 Å². The summed E-state index contributed by atoms with van der Waals surface area (Å²) in [5.74, 6) is -8.52. The van der Waals surface area contributed by atoms with Crippen LogP contribution in [0.3, 0.4) is 0 Å². The quantitative estimate of drug-likeness (QED) is 0.104. The van der Waals surface area contributed by atoms with Crippen LogP contribution in [0, 0.1) is 30.6 Å². The number of carbonyl (C=O) groups excluding carboxylic acids is 3. The number of aromatic hydroxyl groups is 2. The lowest BCUT2D eigenvalue weighted by Crippen LogP contribution is -2.46. The fraction of sp³-hybridized carbons (Fsp3) is 0.537. The summed E-state index contributed by atoms with van der Waals surface area (Å²) < 4.78 is 58.2. The first-order valence-electron chi connectivity index (χ1n) is 24.8. The Labute approximate surface area is 431 Å². The van der Waals surface area contributed by atoms with Gasteiger partial charge in [0, 0.05) is 84.8 Å². The van der Waals surface area contributed by atoms with Crippen LogP contribution in [-0.4, -0.2) is 141 Å². The molecule has 3 aromatic carbocycles. The number of carbonyl (C=O) groups is 3. The Morgan fingerprint density at radius 2 is 1.43 bits per heavy atom. The molecule has 74 heavy (non-hydrogen) atoms. The molecule has 0 spiro atoms. The predicted molar refractivity (Wildman–Crippen MR) is 270 cm³/mol. The molecule has 0 fully saturated rings. The molecule has 20 nitrogen and oxygen atoms in total. The smallest absolute Gasteiger partial charge is 0.312 e. The number of hydrogen-bond donors (Lipinski definition) is 6. The average Bonchev–Trinajstić information content (AvgIpc) is 3.64. The Bertz CT molecular complexity index is 2560. The van der Waals surface area contributed by atoms with Crippen LogP contribution in [0.15, 0.2) is 54.3 Å². The van der Waals surface area contributed by atoms with Crippen LogP contribution in [0.2, 0.25) is 0 Å². The molecule has 7 rings (SSSR count). The first-order chi connectivity index (χ1) is 35.3. The summed E-state index contributed by atoms with van der Waals surface area (Å²) in [5, 5.41) is 67.1. The highest BCUT2D eigenvalue weighted by atomic mass is 16.7. The third-order valence-electron chi connectivity index (χ3n) is 13.6. The number of rotatable bonds is 5. The number of aliphatic hydroxyl groups is 2. The van der Waals surface area contributed by atoms with Crippen LogP contribution < -0.4 is 30.0 Å². The number of esters is 1. The lowest BCUT2D eigenvalue weighted by atomic mass is 9.78. The predicted octanol–water partition coefficient (Wildman–Crippen LogP) is 5.57. The average molecular weight is 1040 g/mol. The van der Waals surface area contributed by atoms with E-state index >= 15 is 0 Å². The van der Waals surface area contributed by atoms with Gasteiger partial charge in [-0.2, -0.15) is 0 Å². The molecule has 0 aromatic heterocycles. The zero-order valence-electron chi connectivity index (χ0n) is 43.5. The Morgan fingerprint density at radius 1 is 0.824 bits per heavy atom. The van der Waals surface area contributed by atoms with Crippen molar-refractivity contribution >= 4 is 39.8 Å². The number of phenols is 2. The van der Waals surface area contributed by atoms with E-state index in [-0.39, 0.29) is 72.1 Å². The van der Waals surface area contributed by atoms with Gasteiger partial charge in [0.1, 0.15) is 36.6 Å². The van der Waals surface area contributed by atoms with Crippen molar-refractivity contribution in [2.24, 2.45) is 23.7 Å². The maximum Gasteiger partial charge on any atom is 0.312 e. The molecule has 4 heterocycles. The van der Waals surface area contributed by atoms with Crippen molar-refractivity contribution in [3.05, 3.63) is 71.0 Å². The molecule has 6 N–H and O–H groups in total. The topological polar surface area (TPSA) is 272 Å². The first-order valence-corrected chi connectivity index (χ1v) is 24.8. The zero-order valence-corrected chi connectivity index (χ0v) is 43.5. The van der Waals surface area contributed by atoms with E-state index in [0.29, 0.717) is 56.8 Å². The van der Waals surface area contributed by atoms with Gasteiger partial charge >= 0.3 is 11.8 Å². The Kier molecular flexibility index (Phi) is 20.0. The first kappa shape index (κ1) is 57.2. The van der Waals surface area contributed by atoms with Crippen molar-refractivity contribution in [2.75, 3.05) is 83.8 Å². The van der Waals surface area contributed by atoms with Crippen molar-refractivity contribution in [3.8, 4) is 34.5 Å². The van der Waals surface area contributed by atoms with Gasteiger partial charge in [0.25, 0.3) is 11.7 Å². The SMILES string of the molecule is CO[C@H]1/C=C\O[C@@]2(C)Oc3c(C)c([O-])c4c(O)c(c(CNc5ccc6c(c5)OCCOCCOCCOCCOCCO6)c(O)c4c3C2=O)NC(=O)/C(C)=C/C=C\[C@H](C)[C@H](O)[C@H](C)[C@@H](O)[C@@H](C)[C@H](OC(C)=O)[C@@H]1C. The number of Topliss-reactive ketones (excluding diaryl/α,β-unsaturated/α-hetero) is 1. The second kappa shape index (κ2) is 25.9. The highest BCUT2D eigenvalue weighted by molar-refractivity contribution is 6.22. The third-order valence-corrected chi connectivity index (χ3v) is 13.6. The number of methoxy groups -OCH3 is 1. The van der Waals surface area contributed by atoms with E-state index in [1.54, 1.807) is 58.0 Å². The highest BCUT2D eigenvalue weighted by Crippen LogP contribution is 2.55. The lowest BCUT2D eigenvalue weighted by molar-refractivity contribution is -0.266. The summed E-state index contributed by atoms with van der Waals surface area (Å²) in [6, 6.07) is 5.01. The number of aliphatic hydroxyl groups excluding tert-OH is 2. The maximum atomic E-state index is 14.7. The Hall–Kier alpha value is -6.13. The monoisotopic (exact) mass is 1040 g/mol.